The van der Waals surface area contributed by atoms with Gasteiger partial charge < -0.3 is 4.42 Å². The molecule has 0 N–H and O–H groups in total. The predicted molar refractivity (Wildman–Crippen MR) is 88.1 cm³/mol. The highest BCUT2D eigenvalue weighted by Crippen LogP contribution is 2.28. The van der Waals surface area contributed by atoms with Crippen LogP contribution in [-0.2, 0) is 6.54 Å². The van der Waals surface area contributed by atoms with E-state index >= 15 is 0 Å². The van der Waals surface area contributed by atoms with E-state index in [1.54, 1.807) is 24.3 Å². The topological polar surface area (TPSA) is 76.3 Å². The van der Waals surface area contributed by atoms with E-state index in [-0.39, 0.29) is 24.2 Å². The zero-order valence-corrected chi connectivity index (χ0v) is 13.9. The van der Waals surface area contributed by atoms with Crippen LogP contribution in [-0.4, -0.2) is 26.9 Å². The maximum atomic E-state index is 12.4. The number of hydrogen-bond donors (Lipinski definition) is 0. The Kier molecular flexibility index (Phi) is 3.50. The van der Waals surface area contributed by atoms with Crippen LogP contribution in [0.3, 0.4) is 0 Å². The molecule has 2 heterocycles. The van der Waals surface area contributed by atoms with Gasteiger partial charge in [0.25, 0.3) is 11.8 Å². The second kappa shape index (κ2) is 5.68. The Labute approximate surface area is 145 Å². The van der Waals surface area contributed by atoms with Gasteiger partial charge in [0.05, 0.1) is 16.7 Å². The molecule has 0 fully saturated rings. The third-order valence-electron chi connectivity index (χ3n) is 3.74. The second-order valence-electron chi connectivity index (χ2n) is 5.22. The lowest BCUT2D eigenvalue weighted by Gasteiger charge is -2.10. The molecule has 2 aromatic carbocycles. The molecule has 118 valence electrons. The highest BCUT2D eigenvalue weighted by molar-refractivity contribution is 9.10. The Bertz CT molecular complexity index is 932. The minimum atomic E-state index is -0.351. The van der Waals surface area contributed by atoms with Crippen LogP contribution in [0.5, 0.6) is 0 Å². The SMILES string of the molecule is O=C1c2ccccc2C(=O)N1Cc1nnc(-c2ccccc2Br)o1. The van der Waals surface area contributed by atoms with E-state index in [1.807, 2.05) is 24.3 Å². The first-order valence-electron chi connectivity index (χ1n) is 7.17. The van der Waals surface area contributed by atoms with Crippen LogP contribution in [0.1, 0.15) is 26.6 Å². The van der Waals surface area contributed by atoms with Crippen LogP contribution < -0.4 is 0 Å². The van der Waals surface area contributed by atoms with Crippen molar-refractivity contribution in [1.82, 2.24) is 15.1 Å². The van der Waals surface area contributed by atoms with Crippen LogP contribution in [0.4, 0.5) is 0 Å². The van der Waals surface area contributed by atoms with Gasteiger partial charge in [-0.05, 0) is 40.2 Å². The first-order valence-corrected chi connectivity index (χ1v) is 7.97. The average Bonchev–Trinajstić information content (AvgIpc) is 3.15. The van der Waals surface area contributed by atoms with Gasteiger partial charge in [-0.15, -0.1) is 10.2 Å². The molecule has 1 aliphatic rings. The fourth-order valence-electron chi connectivity index (χ4n) is 2.58. The summed E-state index contributed by atoms with van der Waals surface area (Å²) in [5, 5.41) is 7.94. The van der Waals surface area contributed by atoms with Crippen molar-refractivity contribution >= 4 is 27.7 Å². The monoisotopic (exact) mass is 383 g/mol. The quantitative estimate of drug-likeness (QED) is 0.648. The third kappa shape index (κ3) is 2.33. The van der Waals surface area contributed by atoms with E-state index < -0.39 is 0 Å². The number of carbonyl (C=O) groups is 2. The number of amides is 2. The highest BCUT2D eigenvalue weighted by Gasteiger charge is 2.36. The number of aromatic nitrogens is 2. The van der Waals surface area contributed by atoms with E-state index in [4.69, 9.17) is 4.42 Å². The molecule has 0 saturated heterocycles. The molecule has 3 aromatic rings. The molecule has 0 unspecified atom stereocenters. The summed E-state index contributed by atoms with van der Waals surface area (Å²) in [6, 6.07) is 14.2. The average molecular weight is 384 g/mol. The molecule has 24 heavy (non-hydrogen) atoms. The largest absolute Gasteiger partial charge is 0.419 e. The summed E-state index contributed by atoms with van der Waals surface area (Å²) in [5.41, 5.74) is 1.54. The standard InChI is InChI=1S/C17H10BrN3O3/c18-13-8-4-3-7-12(13)15-20-19-14(24-15)9-21-16(22)10-5-1-2-6-11(10)17(21)23/h1-8H,9H2. The van der Waals surface area contributed by atoms with E-state index in [0.717, 1.165) is 14.9 Å². The van der Waals surface area contributed by atoms with Gasteiger partial charge in [-0.2, -0.15) is 0 Å². The summed E-state index contributed by atoms with van der Waals surface area (Å²) in [4.78, 5) is 25.8. The third-order valence-corrected chi connectivity index (χ3v) is 4.43. The molecule has 7 heteroatoms. The summed E-state index contributed by atoms with van der Waals surface area (Å²) >= 11 is 3.42. The zero-order valence-electron chi connectivity index (χ0n) is 12.3. The van der Waals surface area contributed by atoms with Crippen molar-refractivity contribution in [1.29, 1.82) is 0 Å². The first kappa shape index (κ1) is 14.8. The number of fused-ring (bicyclic) bond motifs is 1. The number of halogens is 1. The molecule has 6 nitrogen and oxygen atoms in total. The molecule has 0 saturated carbocycles. The summed E-state index contributed by atoms with van der Waals surface area (Å²) in [6.45, 7) is -0.0518. The van der Waals surface area contributed by atoms with Crippen molar-refractivity contribution in [3.8, 4) is 11.5 Å². The molecular weight excluding hydrogens is 374 g/mol. The van der Waals surface area contributed by atoms with Gasteiger partial charge >= 0.3 is 0 Å². The fraction of sp³-hybridized carbons (Fsp3) is 0.0588. The number of imide groups is 1. The van der Waals surface area contributed by atoms with Gasteiger partial charge in [-0.25, -0.2) is 0 Å². The predicted octanol–water partition coefficient (Wildman–Crippen LogP) is 3.30. The van der Waals surface area contributed by atoms with Crippen molar-refractivity contribution in [3.63, 3.8) is 0 Å². The van der Waals surface area contributed by atoms with Crippen molar-refractivity contribution in [2.24, 2.45) is 0 Å². The Morgan fingerprint density at radius 3 is 2.08 bits per heavy atom. The van der Waals surface area contributed by atoms with Crippen LogP contribution in [0, 0.1) is 0 Å². The Morgan fingerprint density at radius 1 is 0.875 bits per heavy atom. The van der Waals surface area contributed by atoms with Gasteiger partial charge in [0.2, 0.25) is 11.8 Å². The Morgan fingerprint density at radius 2 is 1.46 bits per heavy atom. The van der Waals surface area contributed by atoms with Crippen molar-refractivity contribution in [2.45, 2.75) is 6.54 Å². The van der Waals surface area contributed by atoms with Crippen LogP contribution >= 0.6 is 15.9 Å². The molecule has 1 aliphatic heterocycles. The summed E-state index contributed by atoms with van der Waals surface area (Å²) in [5.74, 6) is -0.170. The Balaban J connectivity index is 1.61. The van der Waals surface area contributed by atoms with Gasteiger partial charge in [0.1, 0.15) is 6.54 Å². The first-order chi connectivity index (χ1) is 11.6. The van der Waals surface area contributed by atoms with Crippen molar-refractivity contribution in [3.05, 3.63) is 70.0 Å². The molecule has 1 aromatic heterocycles. The number of rotatable bonds is 3. The minimum absolute atomic E-state index is 0.0518. The van der Waals surface area contributed by atoms with Crippen LogP contribution in [0.15, 0.2) is 57.4 Å². The fourth-order valence-corrected chi connectivity index (χ4v) is 3.03. The maximum Gasteiger partial charge on any atom is 0.262 e. The molecule has 2 amide bonds. The summed E-state index contributed by atoms with van der Waals surface area (Å²) < 4.78 is 6.43. The minimum Gasteiger partial charge on any atom is -0.419 e. The van der Waals surface area contributed by atoms with Crippen LogP contribution in [0.2, 0.25) is 0 Å². The lowest BCUT2D eigenvalue weighted by atomic mass is 10.1. The molecule has 0 aliphatic carbocycles. The van der Waals surface area contributed by atoms with Gasteiger partial charge in [-0.3, -0.25) is 14.5 Å². The van der Waals surface area contributed by atoms with E-state index in [9.17, 15) is 9.59 Å². The molecular formula is C17H10BrN3O3. The van der Waals surface area contributed by atoms with Gasteiger partial charge in [-0.1, -0.05) is 24.3 Å². The summed E-state index contributed by atoms with van der Waals surface area (Å²) in [7, 11) is 0. The molecule has 0 atom stereocenters. The van der Waals surface area contributed by atoms with Crippen molar-refractivity contribution in [2.75, 3.05) is 0 Å². The van der Waals surface area contributed by atoms with E-state index in [0.29, 0.717) is 17.0 Å². The number of nitrogens with zero attached hydrogens (tertiary/aromatic N) is 3. The van der Waals surface area contributed by atoms with Gasteiger partial charge in [0.15, 0.2) is 0 Å². The normalized spacial score (nSPS) is 13.5. The Hall–Kier alpha value is -2.80. The number of benzene rings is 2. The number of hydrogen-bond acceptors (Lipinski definition) is 5. The van der Waals surface area contributed by atoms with E-state index in [1.165, 1.54) is 0 Å². The van der Waals surface area contributed by atoms with E-state index in [2.05, 4.69) is 26.1 Å². The zero-order chi connectivity index (χ0) is 16.7. The smallest absolute Gasteiger partial charge is 0.262 e. The summed E-state index contributed by atoms with van der Waals surface area (Å²) in [6.07, 6.45) is 0. The highest BCUT2D eigenvalue weighted by atomic mass is 79.9. The van der Waals surface area contributed by atoms with Gasteiger partial charge in [0, 0.05) is 4.47 Å². The molecule has 0 bridgehead atoms. The maximum absolute atomic E-state index is 12.4. The van der Waals surface area contributed by atoms with Crippen LogP contribution in [0.25, 0.3) is 11.5 Å². The second-order valence-corrected chi connectivity index (χ2v) is 6.08. The molecule has 0 radical (unpaired) electrons. The van der Waals surface area contributed by atoms with Crippen molar-refractivity contribution < 1.29 is 14.0 Å². The lowest BCUT2D eigenvalue weighted by Crippen LogP contribution is -2.29. The molecule has 4 rings (SSSR count). The lowest BCUT2D eigenvalue weighted by molar-refractivity contribution is 0.0629. The molecule has 0 spiro atoms. The number of carbonyl (C=O) groups excluding carboxylic acids is 2.